The van der Waals surface area contributed by atoms with E-state index in [0.29, 0.717) is 5.92 Å². The van der Waals surface area contributed by atoms with Gasteiger partial charge in [0.15, 0.2) is 0 Å². The zero-order valence-electron chi connectivity index (χ0n) is 11.1. The van der Waals surface area contributed by atoms with Crippen LogP contribution in [-0.2, 0) is 11.2 Å². The van der Waals surface area contributed by atoms with Gasteiger partial charge in [-0.2, -0.15) is 0 Å². The Labute approximate surface area is 108 Å². The van der Waals surface area contributed by atoms with E-state index in [1.54, 1.807) is 6.20 Å². The maximum Gasteiger partial charge on any atom is 0.227 e. The van der Waals surface area contributed by atoms with Crippen molar-refractivity contribution >= 4 is 5.91 Å². The van der Waals surface area contributed by atoms with Gasteiger partial charge in [0.25, 0.3) is 0 Å². The minimum Gasteiger partial charge on any atom is -0.345 e. The first-order valence-electron chi connectivity index (χ1n) is 6.54. The fourth-order valence-corrected chi connectivity index (χ4v) is 2.36. The third kappa shape index (κ3) is 3.07. The number of nitrogens with zero attached hydrogens (tertiary/aromatic N) is 2. The Morgan fingerprint density at radius 3 is 2.94 bits per heavy atom. The van der Waals surface area contributed by atoms with Crippen LogP contribution >= 0.6 is 0 Å². The van der Waals surface area contributed by atoms with E-state index in [1.165, 1.54) is 0 Å². The topological polar surface area (TPSA) is 45.2 Å². The average molecular weight is 247 g/mol. The van der Waals surface area contributed by atoms with E-state index in [4.69, 9.17) is 0 Å². The van der Waals surface area contributed by atoms with Crippen LogP contribution in [0.4, 0.5) is 0 Å². The molecule has 98 valence electrons. The van der Waals surface area contributed by atoms with E-state index in [2.05, 4.69) is 17.2 Å². The second-order valence-electron chi connectivity index (χ2n) is 5.07. The van der Waals surface area contributed by atoms with Crippen LogP contribution in [-0.4, -0.2) is 42.5 Å². The van der Waals surface area contributed by atoms with Gasteiger partial charge in [-0.1, -0.05) is 13.0 Å². The summed E-state index contributed by atoms with van der Waals surface area (Å²) in [5.41, 5.74) is 1.04. The fourth-order valence-electron chi connectivity index (χ4n) is 2.36. The van der Waals surface area contributed by atoms with Crippen molar-refractivity contribution in [1.29, 1.82) is 0 Å². The Hall–Kier alpha value is -1.42. The average Bonchev–Trinajstić information content (AvgIpc) is 2.82. The highest BCUT2D eigenvalue weighted by atomic mass is 16.2. The molecule has 2 rings (SSSR count). The maximum atomic E-state index is 12.2. The van der Waals surface area contributed by atoms with E-state index in [9.17, 15) is 4.79 Å². The summed E-state index contributed by atoms with van der Waals surface area (Å²) in [6.07, 6.45) is 2.61. The molecule has 1 aliphatic heterocycles. The lowest BCUT2D eigenvalue weighted by atomic mass is 9.97. The first kappa shape index (κ1) is 13.0. The Kier molecular flexibility index (Phi) is 4.31. The van der Waals surface area contributed by atoms with Gasteiger partial charge in [-0.25, -0.2) is 0 Å². The van der Waals surface area contributed by atoms with Crippen LogP contribution in [0.25, 0.3) is 0 Å². The van der Waals surface area contributed by atoms with Gasteiger partial charge < -0.3 is 10.2 Å². The van der Waals surface area contributed by atoms with Gasteiger partial charge in [-0.3, -0.25) is 9.78 Å². The molecule has 0 radical (unpaired) electrons. The monoisotopic (exact) mass is 247 g/mol. The van der Waals surface area contributed by atoms with Gasteiger partial charge in [-0.05, 0) is 24.6 Å². The summed E-state index contributed by atoms with van der Waals surface area (Å²) in [5, 5.41) is 3.27. The van der Waals surface area contributed by atoms with Crippen molar-refractivity contribution in [3.05, 3.63) is 30.1 Å². The minimum atomic E-state index is 0.138. The molecule has 2 unspecified atom stereocenters. The summed E-state index contributed by atoms with van der Waals surface area (Å²) in [6.45, 7) is 4.63. The predicted molar refractivity (Wildman–Crippen MR) is 71.1 cm³/mol. The molecule has 1 fully saturated rings. The Morgan fingerprint density at radius 2 is 2.33 bits per heavy atom. The van der Waals surface area contributed by atoms with E-state index >= 15 is 0 Å². The van der Waals surface area contributed by atoms with E-state index < -0.39 is 0 Å². The third-order valence-corrected chi connectivity index (χ3v) is 3.64. The number of nitrogens with one attached hydrogen (secondary N) is 1. The zero-order valence-corrected chi connectivity index (χ0v) is 11.1. The number of aromatic nitrogens is 1. The molecule has 4 heteroatoms. The molecule has 0 bridgehead atoms. The summed E-state index contributed by atoms with van der Waals surface area (Å²) in [7, 11) is 1.89. The maximum absolute atomic E-state index is 12.2. The number of hydrogen-bond acceptors (Lipinski definition) is 3. The zero-order chi connectivity index (χ0) is 13.0. The second-order valence-corrected chi connectivity index (χ2v) is 5.07. The van der Waals surface area contributed by atoms with Crippen LogP contribution < -0.4 is 5.32 Å². The highest BCUT2D eigenvalue weighted by Crippen LogP contribution is 2.18. The van der Waals surface area contributed by atoms with Crippen molar-refractivity contribution in [3.8, 4) is 0 Å². The molecule has 1 N–H and O–H groups in total. The summed E-state index contributed by atoms with van der Waals surface area (Å²) in [4.78, 5) is 18.4. The quantitative estimate of drug-likeness (QED) is 0.861. The number of carbonyl (C=O) groups is 1. The molecule has 1 aromatic heterocycles. The molecule has 1 amide bonds. The van der Waals surface area contributed by atoms with Gasteiger partial charge in [0.1, 0.15) is 0 Å². The van der Waals surface area contributed by atoms with Crippen LogP contribution in [0, 0.1) is 11.8 Å². The van der Waals surface area contributed by atoms with Gasteiger partial charge in [0.2, 0.25) is 5.91 Å². The number of pyridine rings is 1. The van der Waals surface area contributed by atoms with Crippen molar-refractivity contribution < 1.29 is 4.79 Å². The van der Waals surface area contributed by atoms with Gasteiger partial charge >= 0.3 is 0 Å². The Balaban J connectivity index is 1.84. The van der Waals surface area contributed by atoms with Crippen LogP contribution in [0.3, 0.4) is 0 Å². The lowest BCUT2D eigenvalue weighted by Crippen LogP contribution is -2.37. The van der Waals surface area contributed by atoms with Crippen molar-refractivity contribution in [3.63, 3.8) is 0 Å². The van der Waals surface area contributed by atoms with Crippen LogP contribution in [0.2, 0.25) is 0 Å². The summed E-state index contributed by atoms with van der Waals surface area (Å²) in [5.74, 6) is 0.831. The van der Waals surface area contributed by atoms with Crippen LogP contribution in [0.5, 0.6) is 0 Å². The standard InChI is InChI=1S/C14H21N3O/c1-11-9-15-10-13(11)14(18)17(2)8-6-12-5-3-4-7-16-12/h3-5,7,11,13,15H,6,8-10H2,1-2H3. The molecular formula is C14H21N3O. The number of likely N-dealkylation sites (N-methyl/N-ethyl adjacent to an activating group) is 1. The number of amides is 1. The third-order valence-electron chi connectivity index (χ3n) is 3.64. The highest BCUT2D eigenvalue weighted by Gasteiger charge is 2.31. The van der Waals surface area contributed by atoms with E-state index in [0.717, 1.165) is 31.7 Å². The highest BCUT2D eigenvalue weighted by molar-refractivity contribution is 5.79. The molecule has 0 spiro atoms. The molecule has 0 aromatic carbocycles. The summed E-state index contributed by atoms with van der Waals surface area (Å²) < 4.78 is 0. The first-order chi connectivity index (χ1) is 8.68. The van der Waals surface area contributed by atoms with Gasteiger partial charge in [-0.15, -0.1) is 0 Å². The molecule has 2 heterocycles. The van der Waals surface area contributed by atoms with E-state index in [1.807, 2.05) is 30.1 Å². The molecule has 2 atom stereocenters. The molecule has 0 aliphatic carbocycles. The Morgan fingerprint density at radius 1 is 1.50 bits per heavy atom. The first-order valence-corrected chi connectivity index (χ1v) is 6.54. The largest absolute Gasteiger partial charge is 0.345 e. The van der Waals surface area contributed by atoms with Crippen LogP contribution in [0.1, 0.15) is 12.6 Å². The second kappa shape index (κ2) is 5.96. The molecule has 1 aromatic rings. The van der Waals surface area contributed by atoms with Crippen molar-refractivity contribution in [2.75, 3.05) is 26.7 Å². The molecule has 18 heavy (non-hydrogen) atoms. The lowest BCUT2D eigenvalue weighted by molar-refractivity contribution is -0.134. The molecule has 1 saturated heterocycles. The van der Waals surface area contributed by atoms with Crippen molar-refractivity contribution in [2.24, 2.45) is 11.8 Å². The fraction of sp³-hybridized carbons (Fsp3) is 0.571. The summed E-state index contributed by atoms with van der Waals surface area (Å²) >= 11 is 0. The van der Waals surface area contributed by atoms with Gasteiger partial charge in [0.05, 0.1) is 5.92 Å². The number of rotatable bonds is 4. The number of carbonyl (C=O) groups excluding carboxylic acids is 1. The van der Waals surface area contributed by atoms with Crippen LogP contribution in [0.15, 0.2) is 24.4 Å². The number of hydrogen-bond donors (Lipinski definition) is 1. The minimum absolute atomic E-state index is 0.138. The molecule has 1 aliphatic rings. The molecule has 0 saturated carbocycles. The Bertz CT molecular complexity index is 393. The lowest BCUT2D eigenvalue weighted by Gasteiger charge is -2.22. The summed E-state index contributed by atoms with van der Waals surface area (Å²) in [6, 6.07) is 5.88. The smallest absolute Gasteiger partial charge is 0.227 e. The van der Waals surface area contributed by atoms with Crippen molar-refractivity contribution in [2.45, 2.75) is 13.3 Å². The molecule has 4 nitrogen and oxygen atoms in total. The van der Waals surface area contributed by atoms with Crippen molar-refractivity contribution in [1.82, 2.24) is 15.2 Å². The molecular weight excluding hydrogens is 226 g/mol. The van der Waals surface area contributed by atoms with E-state index in [-0.39, 0.29) is 11.8 Å². The van der Waals surface area contributed by atoms with Gasteiger partial charge in [0, 0.05) is 38.4 Å². The normalized spacial score (nSPS) is 23.0. The SMILES string of the molecule is CC1CNCC1C(=O)N(C)CCc1ccccn1. The predicted octanol–water partition coefficient (Wildman–Crippen LogP) is 0.938.